The van der Waals surface area contributed by atoms with Gasteiger partial charge in [0.05, 0.1) is 11.3 Å². The number of carboxylic acid groups (broad SMARTS) is 1. The molecule has 2 atom stereocenters. The zero-order chi connectivity index (χ0) is 25.8. The third-order valence-corrected chi connectivity index (χ3v) is 9.46. The summed E-state index contributed by atoms with van der Waals surface area (Å²) < 4.78 is 29.0. The number of rotatable bonds is 8. The summed E-state index contributed by atoms with van der Waals surface area (Å²) in [6.45, 7) is 4.27. The van der Waals surface area contributed by atoms with Crippen molar-refractivity contribution in [2.24, 2.45) is 5.92 Å². The van der Waals surface area contributed by atoms with Gasteiger partial charge in [0.2, 0.25) is 10.0 Å². The number of likely N-dealkylation sites (tertiary alicyclic amines) is 1. The summed E-state index contributed by atoms with van der Waals surface area (Å²) in [5, 5.41) is 9.54. The molecule has 0 amide bonds. The van der Waals surface area contributed by atoms with Gasteiger partial charge in [0.1, 0.15) is 0 Å². The lowest BCUT2D eigenvalue weighted by atomic mass is 9.98. The predicted octanol–water partition coefficient (Wildman–Crippen LogP) is 3.64. The second-order valence-electron chi connectivity index (χ2n) is 9.91. The smallest absolute Gasteiger partial charge is 0.303 e. The highest BCUT2D eigenvalue weighted by Crippen LogP contribution is 2.31. The third-order valence-electron chi connectivity index (χ3n) is 7.50. The van der Waals surface area contributed by atoms with Crippen LogP contribution >= 0.6 is 0 Å². The van der Waals surface area contributed by atoms with Crippen LogP contribution in [0.2, 0.25) is 0 Å². The fourth-order valence-corrected chi connectivity index (χ4v) is 7.35. The van der Waals surface area contributed by atoms with Gasteiger partial charge in [-0.15, -0.1) is 0 Å². The Labute approximate surface area is 219 Å². The van der Waals surface area contributed by atoms with Gasteiger partial charge < -0.3 is 5.11 Å². The molecule has 2 aliphatic heterocycles. The zero-order valence-electron chi connectivity index (χ0n) is 20.8. The van der Waals surface area contributed by atoms with E-state index in [2.05, 4.69) is 21.9 Å². The van der Waals surface area contributed by atoms with Gasteiger partial charge in [-0.05, 0) is 23.1 Å². The Bertz CT molecular complexity index is 1310. The first-order valence-electron chi connectivity index (χ1n) is 12.8. The number of carbonyl (C=O) groups is 1. The summed E-state index contributed by atoms with van der Waals surface area (Å²) in [5.74, 6) is -0.765. The molecule has 5 rings (SSSR count). The van der Waals surface area contributed by atoms with Crippen LogP contribution in [0.5, 0.6) is 0 Å². The number of aliphatic carboxylic acids is 1. The third kappa shape index (κ3) is 5.78. The summed E-state index contributed by atoms with van der Waals surface area (Å²) >= 11 is 0. The Morgan fingerprint density at radius 3 is 2.11 bits per heavy atom. The minimum atomic E-state index is -3.67. The van der Waals surface area contributed by atoms with Gasteiger partial charge in [0, 0.05) is 57.4 Å². The summed E-state index contributed by atoms with van der Waals surface area (Å²) in [6.07, 6.45) is 0.124. The molecular formula is C29H33N3O4S. The SMILES string of the molecule is O=C(O)CC1CN(Cc2ccccc2)CC1N1CCN(S(=O)(=O)c2ccccc2-c2ccccc2)CC1. The highest BCUT2D eigenvalue weighted by atomic mass is 32.2. The van der Waals surface area contributed by atoms with Crippen LogP contribution in [-0.4, -0.2) is 78.9 Å². The molecule has 0 aromatic heterocycles. The zero-order valence-corrected chi connectivity index (χ0v) is 21.6. The van der Waals surface area contributed by atoms with E-state index in [9.17, 15) is 18.3 Å². The Morgan fingerprint density at radius 1 is 0.811 bits per heavy atom. The van der Waals surface area contributed by atoms with Gasteiger partial charge in [0.15, 0.2) is 0 Å². The van der Waals surface area contributed by atoms with Crippen LogP contribution in [-0.2, 0) is 21.4 Å². The number of benzene rings is 3. The van der Waals surface area contributed by atoms with E-state index in [1.165, 1.54) is 5.56 Å². The molecule has 0 bridgehead atoms. The number of hydrogen-bond acceptors (Lipinski definition) is 5. The maximum absolute atomic E-state index is 13.7. The lowest BCUT2D eigenvalue weighted by Crippen LogP contribution is -2.54. The number of carboxylic acids is 1. The van der Waals surface area contributed by atoms with Crippen molar-refractivity contribution in [1.29, 1.82) is 0 Å². The molecule has 3 aromatic carbocycles. The number of piperazine rings is 1. The second-order valence-corrected chi connectivity index (χ2v) is 11.8. The molecule has 2 saturated heterocycles. The molecule has 0 aliphatic carbocycles. The topological polar surface area (TPSA) is 81.2 Å². The number of nitrogens with zero attached hydrogens (tertiary/aromatic N) is 3. The Morgan fingerprint density at radius 2 is 1.43 bits per heavy atom. The predicted molar refractivity (Wildman–Crippen MR) is 143 cm³/mol. The van der Waals surface area contributed by atoms with E-state index in [-0.39, 0.29) is 18.4 Å². The molecule has 2 heterocycles. The molecule has 3 aromatic rings. The molecule has 0 saturated carbocycles. The largest absolute Gasteiger partial charge is 0.481 e. The van der Waals surface area contributed by atoms with Crippen LogP contribution < -0.4 is 0 Å². The van der Waals surface area contributed by atoms with E-state index < -0.39 is 16.0 Å². The van der Waals surface area contributed by atoms with Crippen molar-refractivity contribution < 1.29 is 18.3 Å². The quantitative estimate of drug-likeness (QED) is 0.490. The molecule has 0 spiro atoms. The van der Waals surface area contributed by atoms with Crippen LogP contribution in [0.3, 0.4) is 0 Å². The van der Waals surface area contributed by atoms with Gasteiger partial charge in [-0.3, -0.25) is 14.6 Å². The van der Waals surface area contributed by atoms with Crippen molar-refractivity contribution in [2.75, 3.05) is 39.3 Å². The maximum Gasteiger partial charge on any atom is 0.303 e. The fraction of sp³-hybridized carbons (Fsp3) is 0.345. The lowest BCUT2D eigenvalue weighted by Gasteiger charge is -2.39. The Balaban J connectivity index is 1.29. The average molecular weight is 520 g/mol. The maximum atomic E-state index is 13.7. The first kappa shape index (κ1) is 25.6. The molecule has 194 valence electrons. The van der Waals surface area contributed by atoms with Crippen LogP contribution in [0.25, 0.3) is 11.1 Å². The van der Waals surface area contributed by atoms with Gasteiger partial charge >= 0.3 is 5.97 Å². The van der Waals surface area contributed by atoms with E-state index in [4.69, 9.17) is 0 Å². The van der Waals surface area contributed by atoms with E-state index >= 15 is 0 Å². The number of sulfonamides is 1. The van der Waals surface area contributed by atoms with E-state index in [1.807, 2.05) is 60.7 Å². The monoisotopic (exact) mass is 519 g/mol. The van der Waals surface area contributed by atoms with Gasteiger partial charge in [0.25, 0.3) is 0 Å². The normalized spacial score (nSPS) is 21.7. The fourth-order valence-electron chi connectivity index (χ4n) is 5.71. The molecule has 2 unspecified atom stereocenters. The van der Waals surface area contributed by atoms with E-state index in [0.29, 0.717) is 36.6 Å². The standard InChI is InChI=1S/C29H33N3O4S/c33-29(34)19-25-21-30(20-23-9-3-1-4-10-23)22-27(25)31-15-17-32(18-16-31)37(35,36)28-14-8-7-13-26(28)24-11-5-2-6-12-24/h1-14,25,27H,15-22H2,(H,33,34). The van der Waals surface area contributed by atoms with Crippen molar-refractivity contribution in [2.45, 2.75) is 23.9 Å². The van der Waals surface area contributed by atoms with Gasteiger partial charge in [-0.2, -0.15) is 4.31 Å². The highest BCUT2D eigenvalue weighted by molar-refractivity contribution is 7.89. The molecular weight excluding hydrogens is 486 g/mol. The summed E-state index contributed by atoms with van der Waals surface area (Å²) in [7, 11) is -3.67. The summed E-state index contributed by atoms with van der Waals surface area (Å²) in [4.78, 5) is 16.6. The molecule has 0 radical (unpaired) electrons. The van der Waals surface area contributed by atoms with Crippen LogP contribution in [0.15, 0.2) is 89.8 Å². The Hall–Kier alpha value is -3.04. The van der Waals surface area contributed by atoms with Crippen LogP contribution in [0.1, 0.15) is 12.0 Å². The van der Waals surface area contributed by atoms with E-state index in [1.54, 1.807) is 16.4 Å². The molecule has 8 heteroatoms. The molecule has 37 heavy (non-hydrogen) atoms. The van der Waals surface area contributed by atoms with Crippen LogP contribution in [0, 0.1) is 5.92 Å². The lowest BCUT2D eigenvalue weighted by molar-refractivity contribution is -0.138. The van der Waals surface area contributed by atoms with E-state index in [0.717, 1.165) is 25.2 Å². The first-order valence-corrected chi connectivity index (χ1v) is 14.2. The summed E-state index contributed by atoms with van der Waals surface area (Å²) in [6, 6.07) is 27.1. The second kappa shape index (κ2) is 11.1. The number of hydrogen-bond donors (Lipinski definition) is 1. The van der Waals surface area contributed by atoms with Crippen molar-refractivity contribution in [3.8, 4) is 11.1 Å². The van der Waals surface area contributed by atoms with Crippen molar-refractivity contribution in [3.05, 3.63) is 90.5 Å². The Kier molecular flexibility index (Phi) is 7.71. The highest BCUT2D eigenvalue weighted by Gasteiger charge is 2.40. The minimum absolute atomic E-state index is 0.0168. The average Bonchev–Trinajstić information content (AvgIpc) is 3.31. The molecule has 2 aliphatic rings. The van der Waals surface area contributed by atoms with Crippen LogP contribution in [0.4, 0.5) is 0 Å². The molecule has 1 N–H and O–H groups in total. The molecule has 7 nitrogen and oxygen atoms in total. The van der Waals surface area contributed by atoms with Gasteiger partial charge in [-0.1, -0.05) is 78.9 Å². The molecule has 2 fully saturated rings. The van der Waals surface area contributed by atoms with Gasteiger partial charge in [-0.25, -0.2) is 8.42 Å². The summed E-state index contributed by atoms with van der Waals surface area (Å²) in [5.41, 5.74) is 2.80. The van der Waals surface area contributed by atoms with Crippen molar-refractivity contribution in [1.82, 2.24) is 14.1 Å². The first-order chi connectivity index (χ1) is 17.9. The van der Waals surface area contributed by atoms with Crippen molar-refractivity contribution in [3.63, 3.8) is 0 Å². The van der Waals surface area contributed by atoms with Crippen molar-refractivity contribution >= 4 is 16.0 Å². The minimum Gasteiger partial charge on any atom is -0.481 e.